The van der Waals surface area contributed by atoms with Crippen LogP contribution in [0.5, 0.6) is 17.2 Å². The molecule has 0 aliphatic rings. The summed E-state index contributed by atoms with van der Waals surface area (Å²) >= 11 is 0. The van der Waals surface area contributed by atoms with Gasteiger partial charge in [0.25, 0.3) is 0 Å². The Balaban J connectivity index is 2.05. The summed E-state index contributed by atoms with van der Waals surface area (Å²) in [4.78, 5) is 6.37. The molecule has 0 spiro atoms. The zero-order valence-electron chi connectivity index (χ0n) is 15.1. The van der Waals surface area contributed by atoms with Crippen molar-refractivity contribution in [1.82, 2.24) is 10.2 Å². The van der Waals surface area contributed by atoms with Gasteiger partial charge in [0.15, 0.2) is 17.5 Å². The fraction of sp³-hybridized carbons (Fsp3) is 0.316. The molecule has 0 radical (unpaired) electrons. The monoisotopic (exact) mass is 343 g/mol. The Hall–Kier alpha value is -2.89. The number of benzene rings is 2. The van der Waals surface area contributed by atoms with Gasteiger partial charge in [-0.25, -0.2) is 0 Å². The van der Waals surface area contributed by atoms with Crippen molar-refractivity contribution in [2.45, 2.75) is 13.1 Å². The lowest BCUT2D eigenvalue weighted by Crippen LogP contribution is -2.38. The summed E-state index contributed by atoms with van der Waals surface area (Å²) < 4.78 is 10.4. The van der Waals surface area contributed by atoms with Gasteiger partial charge in [-0.1, -0.05) is 30.3 Å². The maximum Gasteiger partial charge on any atom is 0.200 e. The van der Waals surface area contributed by atoms with E-state index in [1.54, 1.807) is 19.2 Å². The van der Waals surface area contributed by atoms with Crippen LogP contribution in [-0.4, -0.2) is 44.3 Å². The fourth-order valence-corrected chi connectivity index (χ4v) is 2.55. The minimum atomic E-state index is -0.000622. The molecule has 0 fully saturated rings. The van der Waals surface area contributed by atoms with E-state index in [2.05, 4.69) is 22.4 Å². The fourth-order valence-electron chi connectivity index (χ4n) is 2.55. The molecule has 0 amide bonds. The first-order valence-corrected chi connectivity index (χ1v) is 7.98. The first-order valence-electron chi connectivity index (χ1n) is 7.98. The Morgan fingerprint density at radius 2 is 1.68 bits per heavy atom. The molecule has 134 valence electrons. The Morgan fingerprint density at radius 3 is 2.20 bits per heavy atom. The highest BCUT2D eigenvalue weighted by Gasteiger charge is 2.12. The van der Waals surface area contributed by atoms with Crippen LogP contribution in [0.15, 0.2) is 47.5 Å². The lowest BCUT2D eigenvalue weighted by atomic mass is 10.2. The van der Waals surface area contributed by atoms with Gasteiger partial charge in [0.2, 0.25) is 5.75 Å². The number of methoxy groups -OCH3 is 2. The molecule has 0 aliphatic heterocycles. The molecule has 2 N–H and O–H groups in total. The van der Waals surface area contributed by atoms with Crippen LogP contribution >= 0.6 is 0 Å². The summed E-state index contributed by atoms with van der Waals surface area (Å²) in [5, 5.41) is 13.3. The molecule has 0 saturated carbocycles. The molecular formula is C19H25N3O3. The second-order valence-corrected chi connectivity index (χ2v) is 5.59. The summed E-state index contributed by atoms with van der Waals surface area (Å²) in [5.74, 6) is 1.53. The zero-order valence-corrected chi connectivity index (χ0v) is 15.1. The van der Waals surface area contributed by atoms with Crippen LogP contribution in [0, 0.1) is 0 Å². The SMILES string of the molecule is CN=C(NCc1cc(OC)c(O)c(OC)c1)N(C)Cc1ccccc1. The van der Waals surface area contributed by atoms with Crippen molar-refractivity contribution in [1.29, 1.82) is 0 Å². The number of aliphatic imine (C=N–C) groups is 1. The van der Waals surface area contributed by atoms with Crippen LogP contribution < -0.4 is 14.8 Å². The summed E-state index contributed by atoms with van der Waals surface area (Å²) in [5.41, 5.74) is 2.13. The predicted octanol–water partition coefficient (Wildman–Crippen LogP) is 2.62. The minimum absolute atomic E-state index is 0.000622. The highest BCUT2D eigenvalue weighted by molar-refractivity contribution is 5.79. The highest BCUT2D eigenvalue weighted by atomic mass is 16.5. The number of rotatable bonds is 6. The molecule has 2 aromatic rings. The number of nitrogens with zero attached hydrogens (tertiary/aromatic N) is 2. The summed E-state index contributed by atoms with van der Waals surface area (Å²) in [6, 6.07) is 13.8. The van der Waals surface area contributed by atoms with Gasteiger partial charge in [0.1, 0.15) is 0 Å². The van der Waals surface area contributed by atoms with Crippen LogP contribution in [-0.2, 0) is 13.1 Å². The molecule has 0 bridgehead atoms. The smallest absolute Gasteiger partial charge is 0.200 e. The number of ether oxygens (including phenoxy) is 2. The molecule has 0 aromatic heterocycles. The normalized spacial score (nSPS) is 11.1. The number of phenols is 1. The second kappa shape index (κ2) is 8.82. The van der Waals surface area contributed by atoms with E-state index in [0.717, 1.165) is 18.1 Å². The van der Waals surface area contributed by atoms with E-state index in [-0.39, 0.29) is 5.75 Å². The molecule has 2 aromatic carbocycles. The third-order valence-electron chi connectivity index (χ3n) is 3.83. The van der Waals surface area contributed by atoms with Crippen LogP contribution in [0.25, 0.3) is 0 Å². The maximum atomic E-state index is 9.99. The summed E-state index contributed by atoms with van der Waals surface area (Å²) in [7, 11) is 6.76. The molecule has 0 saturated heterocycles. The van der Waals surface area contributed by atoms with Gasteiger partial charge in [-0.15, -0.1) is 0 Å². The topological polar surface area (TPSA) is 66.3 Å². The third kappa shape index (κ3) is 4.79. The number of phenolic OH excluding ortho intramolecular Hbond substituents is 1. The van der Waals surface area contributed by atoms with Crippen molar-refractivity contribution < 1.29 is 14.6 Å². The molecule has 6 heteroatoms. The van der Waals surface area contributed by atoms with Crippen molar-refractivity contribution in [2.75, 3.05) is 28.3 Å². The Labute approximate surface area is 148 Å². The molecule has 25 heavy (non-hydrogen) atoms. The van der Waals surface area contributed by atoms with Crippen LogP contribution in [0.3, 0.4) is 0 Å². The number of hydrogen-bond donors (Lipinski definition) is 2. The lowest BCUT2D eigenvalue weighted by Gasteiger charge is -2.22. The number of hydrogen-bond acceptors (Lipinski definition) is 4. The molecule has 0 unspecified atom stereocenters. The lowest BCUT2D eigenvalue weighted by molar-refractivity contribution is 0.339. The van der Waals surface area contributed by atoms with Gasteiger partial charge in [-0.05, 0) is 23.3 Å². The third-order valence-corrected chi connectivity index (χ3v) is 3.83. The quantitative estimate of drug-likeness (QED) is 0.623. The Morgan fingerprint density at radius 1 is 1.08 bits per heavy atom. The average molecular weight is 343 g/mol. The van der Waals surface area contributed by atoms with Gasteiger partial charge in [-0.3, -0.25) is 4.99 Å². The van der Waals surface area contributed by atoms with Gasteiger partial charge < -0.3 is 24.8 Å². The van der Waals surface area contributed by atoms with E-state index in [1.807, 2.05) is 30.1 Å². The molecular weight excluding hydrogens is 318 g/mol. The first kappa shape index (κ1) is 18.4. The van der Waals surface area contributed by atoms with Gasteiger partial charge >= 0.3 is 0 Å². The molecule has 0 heterocycles. The number of nitrogens with one attached hydrogen (secondary N) is 1. The molecule has 2 rings (SSSR count). The first-order chi connectivity index (χ1) is 12.1. The van der Waals surface area contributed by atoms with E-state index < -0.39 is 0 Å². The molecule has 0 aliphatic carbocycles. The zero-order chi connectivity index (χ0) is 18.2. The van der Waals surface area contributed by atoms with Crippen LogP contribution in [0.1, 0.15) is 11.1 Å². The predicted molar refractivity (Wildman–Crippen MR) is 99.3 cm³/mol. The van der Waals surface area contributed by atoms with E-state index in [1.165, 1.54) is 19.8 Å². The summed E-state index contributed by atoms with van der Waals surface area (Å²) in [6.45, 7) is 1.28. The Bertz CT molecular complexity index is 692. The van der Waals surface area contributed by atoms with Crippen LogP contribution in [0.2, 0.25) is 0 Å². The highest BCUT2D eigenvalue weighted by Crippen LogP contribution is 2.36. The number of aromatic hydroxyl groups is 1. The van der Waals surface area contributed by atoms with Gasteiger partial charge in [0, 0.05) is 27.2 Å². The average Bonchev–Trinajstić information content (AvgIpc) is 2.64. The van der Waals surface area contributed by atoms with Crippen LogP contribution in [0.4, 0.5) is 0 Å². The van der Waals surface area contributed by atoms with E-state index in [0.29, 0.717) is 18.0 Å². The minimum Gasteiger partial charge on any atom is -0.502 e. The van der Waals surface area contributed by atoms with Gasteiger partial charge in [0.05, 0.1) is 14.2 Å². The standard InChI is InChI=1S/C19H25N3O3/c1-20-19(22(2)13-14-8-6-5-7-9-14)21-12-15-10-16(24-3)18(23)17(11-15)25-4/h5-11,23H,12-13H2,1-4H3,(H,20,21). The van der Waals surface area contributed by atoms with E-state index >= 15 is 0 Å². The maximum absolute atomic E-state index is 9.99. The second-order valence-electron chi connectivity index (χ2n) is 5.59. The summed E-state index contributed by atoms with van der Waals surface area (Å²) in [6.07, 6.45) is 0. The van der Waals surface area contributed by atoms with E-state index in [4.69, 9.17) is 9.47 Å². The van der Waals surface area contributed by atoms with Crippen molar-refractivity contribution in [3.8, 4) is 17.2 Å². The molecule has 6 nitrogen and oxygen atoms in total. The Kier molecular flexibility index (Phi) is 6.51. The van der Waals surface area contributed by atoms with Crippen molar-refractivity contribution in [3.05, 3.63) is 53.6 Å². The largest absolute Gasteiger partial charge is 0.502 e. The van der Waals surface area contributed by atoms with Crippen molar-refractivity contribution in [2.24, 2.45) is 4.99 Å². The van der Waals surface area contributed by atoms with Gasteiger partial charge in [-0.2, -0.15) is 0 Å². The van der Waals surface area contributed by atoms with Crippen molar-refractivity contribution >= 4 is 5.96 Å². The molecule has 0 atom stereocenters. The van der Waals surface area contributed by atoms with Crippen molar-refractivity contribution in [3.63, 3.8) is 0 Å². The van der Waals surface area contributed by atoms with E-state index in [9.17, 15) is 5.11 Å². The number of guanidine groups is 1.